The third kappa shape index (κ3) is 7.28. The number of hydrogen-bond acceptors (Lipinski definition) is 8. The van der Waals surface area contributed by atoms with Crippen molar-refractivity contribution in [1.29, 1.82) is 0 Å². The molecular formula is C21H23ClFN3O7. The van der Waals surface area contributed by atoms with Crippen LogP contribution in [0.3, 0.4) is 0 Å². The average Bonchev–Trinajstić information content (AvgIpc) is 2.62. The summed E-state index contributed by atoms with van der Waals surface area (Å²) in [6.07, 6.45) is -1.06. The van der Waals surface area contributed by atoms with Gasteiger partial charge in [-0.1, -0.05) is 11.6 Å². The molecule has 0 N–H and O–H groups in total. The summed E-state index contributed by atoms with van der Waals surface area (Å²) in [4.78, 5) is 40.1. The number of carbonyl (C=O) groups is 2. The molecule has 10 nitrogen and oxygen atoms in total. The van der Waals surface area contributed by atoms with E-state index in [0.717, 1.165) is 24.4 Å². The number of non-ortho nitro benzene ring substituents is 1. The van der Waals surface area contributed by atoms with Gasteiger partial charge in [0, 0.05) is 12.1 Å². The minimum Gasteiger partial charge on any atom is -0.453 e. The van der Waals surface area contributed by atoms with E-state index in [4.69, 9.17) is 25.8 Å². The Morgan fingerprint density at radius 2 is 1.58 bits per heavy atom. The number of hydrogen-bond donors (Lipinski definition) is 0. The van der Waals surface area contributed by atoms with Gasteiger partial charge in [-0.15, -0.1) is 0 Å². The van der Waals surface area contributed by atoms with Gasteiger partial charge in [0.05, 0.1) is 17.2 Å². The summed E-state index contributed by atoms with van der Waals surface area (Å²) >= 11 is 6.09. The summed E-state index contributed by atoms with van der Waals surface area (Å²) in [6, 6.07) is 3.88. The quantitative estimate of drug-likeness (QED) is 0.369. The van der Waals surface area contributed by atoms with Crippen molar-refractivity contribution in [3.05, 3.63) is 51.4 Å². The van der Waals surface area contributed by atoms with Crippen LogP contribution < -0.4 is 9.64 Å². The van der Waals surface area contributed by atoms with Gasteiger partial charge in [0.15, 0.2) is 23.1 Å². The fraction of sp³-hybridized carbons (Fsp3) is 0.381. The highest BCUT2D eigenvalue weighted by Crippen LogP contribution is 2.34. The first kappa shape index (κ1) is 25.8. The van der Waals surface area contributed by atoms with Crippen LogP contribution in [0.1, 0.15) is 41.5 Å². The van der Waals surface area contributed by atoms with Gasteiger partial charge < -0.3 is 14.2 Å². The largest absolute Gasteiger partial charge is 0.453 e. The fourth-order valence-electron chi connectivity index (χ4n) is 2.29. The lowest BCUT2D eigenvalue weighted by atomic mass is 10.2. The summed E-state index contributed by atoms with van der Waals surface area (Å²) in [5.41, 5.74) is -2.35. The van der Waals surface area contributed by atoms with Crippen molar-refractivity contribution in [2.24, 2.45) is 0 Å². The van der Waals surface area contributed by atoms with Crippen molar-refractivity contribution < 1.29 is 33.1 Å². The first-order chi connectivity index (χ1) is 15.1. The summed E-state index contributed by atoms with van der Waals surface area (Å²) in [6.45, 7) is 9.66. The van der Waals surface area contributed by atoms with Crippen LogP contribution in [-0.4, -0.2) is 33.3 Å². The molecule has 2 rings (SSSR count). The molecule has 0 aliphatic rings. The van der Waals surface area contributed by atoms with E-state index < -0.39 is 39.8 Å². The van der Waals surface area contributed by atoms with Gasteiger partial charge in [0.1, 0.15) is 16.2 Å². The van der Waals surface area contributed by atoms with E-state index in [1.807, 2.05) is 0 Å². The number of nitro groups is 1. The van der Waals surface area contributed by atoms with Gasteiger partial charge in [-0.2, -0.15) is 4.90 Å². The predicted octanol–water partition coefficient (Wildman–Crippen LogP) is 6.25. The van der Waals surface area contributed by atoms with Gasteiger partial charge in [-0.25, -0.2) is 19.0 Å². The molecule has 2 aromatic rings. The number of nitrogens with zero attached hydrogens (tertiary/aromatic N) is 3. The van der Waals surface area contributed by atoms with E-state index in [-0.39, 0.29) is 22.3 Å². The number of pyridine rings is 1. The molecule has 12 heteroatoms. The molecule has 0 saturated carbocycles. The standard InChI is InChI=1S/C21H23ClFN3O7/c1-20(2,3)32-18(27)25(19(28)33-21(4,5)6)17-10-16(13(22)11-24-17)31-15-8-7-12(26(29)30)9-14(15)23/h7-11H,1-6H3. The third-order valence-electron chi connectivity index (χ3n) is 3.53. The second-order valence-electron chi connectivity index (χ2n) is 8.74. The first-order valence-electron chi connectivity index (χ1n) is 9.61. The topological polar surface area (TPSA) is 121 Å². The second-order valence-corrected chi connectivity index (χ2v) is 9.15. The highest BCUT2D eigenvalue weighted by atomic mass is 35.5. The molecule has 1 aromatic heterocycles. The molecule has 0 bridgehead atoms. The van der Waals surface area contributed by atoms with Crippen LogP contribution in [0.15, 0.2) is 30.5 Å². The summed E-state index contributed by atoms with van der Waals surface area (Å²) < 4.78 is 30.3. The van der Waals surface area contributed by atoms with E-state index >= 15 is 0 Å². The van der Waals surface area contributed by atoms with Crippen molar-refractivity contribution in [3.63, 3.8) is 0 Å². The molecule has 178 valence electrons. The minimum absolute atomic E-state index is 0.0789. The van der Waals surface area contributed by atoms with Crippen molar-refractivity contribution in [2.75, 3.05) is 4.90 Å². The van der Waals surface area contributed by atoms with Crippen LogP contribution in [0.5, 0.6) is 11.5 Å². The van der Waals surface area contributed by atoms with Crippen LogP contribution in [-0.2, 0) is 9.47 Å². The Balaban J connectivity index is 2.47. The molecule has 1 heterocycles. The number of carbonyl (C=O) groups excluding carboxylic acids is 2. The summed E-state index contributed by atoms with van der Waals surface area (Å²) in [5.74, 6) is -1.83. The van der Waals surface area contributed by atoms with Gasteiger partial charge in [-0.3, -0.25) is 10.1 Å². The molecule has 2 amide bonds. The van der Waals surface area contributed by atoms with E-state index in [9.17, 15) is 24.1 Å². The number of nitro benzene ring substituents is 1. The van der Waals surface area contributed by atoms with Crippen molar-refractivity contribution in [2.45, 2.75) is 52.7 Å². The number of anilines is 1. The number of aromatic nitrogens is 1. The number of benzene rings is 1. The van der Waals surface area contributed by atoms with Crippen molar-refractivity contribution in [1.82, 2.24) is 4.98 Å². The summed E-state index contributed by atoms with van der Waals surface area (Å²) in [5, 5.41) is 10.7. The fourth-order valence-corrected chi connectivity index (χ4v) is 2.43. The van der Waals surface area contributed by atoms with Crippen LogP contribution >= 0.6 is 11.6 Å². The first-order valence-corrected chi connectivity index (χ1v) is 9.98. The SMILES string of the molecule is CC(C)(C)OC(=O)N(C(=O)OC(C)(C)C)c1cc(Oc2ccc([N+](=O)[O-])cc2F)c(Cl)cn1. The van der Waals surface area contributed by atoms with Crippen molar-refractivity contribution in [3.8, 4) is 11.5 Å². The highest BCUT2D eigenvalue weighted by molar-refractivity contribution is 6.32. The molecule has 0 aliphatic heterocycles. The number of imide groups is 1. The van der Waals surface area contributed by atoms with Crippen LogP contribution in [0.25, 0.3) is 0 Å². The second kappa shape index (κ2) is 9.57. The third-order valence-corrected chi connectivity index (χ3v) is 3.82. The lowest BCUT2D eigenvalue weighted by Gasteiger charge is -2.28. The molecule has 33 heavy (non-hydrogen) atoms. The molecular weight excluding hydrogens is 461 g/mol. The molecule has 0 unspecified atom stereocenters. The van der Waals surface area contributed by atoms with Crippen LogP contribution in [0.2, 0.25) is 5.02 Å². The average molecular weight is 484 g/mol. The van der Waals surface area contributed by atoms with Gasteiger partial charge in [-0.05, 0) is 47.6 Å². The molecule has 0 atom stereocenters. The minimum atomic E-state index is -1.07. The van der Waals surface area contributed by atoms with Crippen LogP contribution in [0.4, 0.5) is 25.5 Å². The highest BCUT2D eigenvalue weighted by Gasteiger charge is 2.34. The molecule has 0 spiro atoms. The smallest absolute Gasteiger partial charge is 0.425 e. The normalized spacial score (nSPS) is 11.5. The van der Waals surface area contributed by atoms with Crippen molar-refractivity contribution >= 4 is 35.3 Å². The molecule has 0 radical (unpaired) electrons. The van der Waals surface area contributed by atoms with E-state index in [1.165, 1.54) is 0 Å². The maximum Gasteiger partial charge on any atom is 0.425 e. The number of amides is 2. The van der Waals surface area contributed by atoms with Crippen LogP contribution in [0, 0.1) is 15.9 Å². The zero-order valence-corrected chi connectivity index (χ0v) is 19.6. The Kier molecular flexibility index (Phi) is 7.48. The number of ether oxygens (including phenoxy) is 3. The van der Waals surface area contributed by atoms with Gasteiger partial charge in [0.25, 0.3) is 5.69 Å². The Labute approximate surface area is 194 Å². The van der Waals surface area contributed by atoms with E-state index in [0.29, 0.717) is 11.0 Å². The Hall–Kier alpha value is -3.47. The molecule has 0 saturated heterocycles. The van der Waals surface area contributed by atoms with E-state index in [2.05, 4.69) is 4.98 Å². The van der Waals surface area contributed by atoms with Gasteiger partial charge >= 0.3 is 12.2 Å². The zero-order chi connectivity index (χ0) is 25.1. The van der Waals surface area contributed by atoms with Gasteiger partial charge in [0.2, 0.25) is 0 Å². The predicted molar refractivity (Wildman–Crippen MR) is 117 cm³/mol. The number of rotatable bonds is 4. The lowest BCUT2D eigenvalue weighted by molar-refractivity contribution is -0.385. The maximum atomic E-state index is 14.3. The van der Waals surface area contributed by atoms with E-state index in [1.54, 1.807) is 41.5 Å². The Bertz CT molecular complexity index is 1050. The monoisotopic (exact) mass is 483 g/mol. The summed E-state index contributed by atoms with van der Waals surface area (Å²) in [7, 11) is 0. The Morgan fingerprint density at radius 3 is 2.03 bits per heavy atom. The Morgan fingerprint density at radius 1 is 1.03 bits per heavy atom. The maximum absolute atomic E-state index is 14.3. The number of halogens is 2. The molecule has 0 fully saturated rings. The lowest BCUT2D eigenvalue weighted by Crippen LogP contribution is -2.44. The molecule has 0 aliphatic carbocycles. The molecule has 1 aromatic carbocycles. The zero-order valence-electron chi connectivity index (χ0n) is 18.8.